The summed E-state index contributed by atoms with van der Waals surface area (Å²) in [7, 11) is -0.233. The van der Waals surface area contributed by atoms with Gasteiger partial charge in [0.05, 0.1) is 16.1 Å². The molecule has 2 aromatic carbocycles. The van der Waals surface area contributed by atoms with Crippen LogP contribution in [0.1, 0.15) is 11.1 Å². The fraction of sp³-hybridized carbons (Fsp3) is 0.143. The van der Waals surface area contributed by atoms with Crippen molar-refractivity contribution in [2.24, 2.45) is 3.39 Å². The first kappa shape index (κ1) is 12.5. The highest BCUT2D eigenvalue weighted by Crippen LogP contribution is 2.21. The fourth-order valence-electron chi connectivity index (χ4n) is 1.55. The van der Waals surface area contributed by atoms with Crippen molar-refractivity contribution >= 4 is 26.8 Å². The maximum Gasteiger partial charge on any atom is 0.0828 e. The Morgan fingerprint density at radius 3 is 1.41 bits per heavy atom. The van der Waals surface area contributed by atoms with Crippen molar-refractivity contribution in [2.45, 2.75) is 23.6 Å². The molecule has 2 aromatic rings. The minimum atomic E-state index is -0.233. The summed E-state index contributed by atoms with van der Waals surface area (Å²) in [6.07, 6.45) is 0. The zero-order valence-corrected chi connectivity index (χ0v) is 12.3. The molecule has 0 saturated carbocycles. The highest BCUT2D eigenvalue weighted by molar-refractivity contribution is 9.09. The van der Waals surface area contributed by atoms with Crippen LogP contribution in [0.25, 0.3) is 0 Å². The smallest absolute Gasteiger partial charge is 0.0828 e. The maximum atomic E-state index is 4.33. The summed E-state index contributed by atoms with van der Waals surface area (Å²) in [6.45, 7) is 4.19. The maximum absolute atomic E-state index is 4.33. The molecular formula is C14H14BrNS. The first-order valence-corrected chi connectivity index (χ1v) is 7.29. The standard InChI is InChI=1S/C14H14BrNS/c1-11-3-7-13(8-4-11)17(16-15)14-9-5-12(2)6-10-14/h3-10H,1-2H3. The molecule has 0 radical (unpaired) electrons. The number of halogens is 1. The van der Waals surface area contributed by atoms with Crippen molar-refractivity contribution in [3.05, 3.63) is 59.7 Å². The summed E-state index contributed by atoms with van der Waals surface area (Å²) < 4.78 is 4.33. The Morgan fingerprint density at radius 1 is 0.765 bits per heavy atom. The van der Waals surface area contributed by atoms with Gasteiger partial charge in [0.2, 0.25) is 0 Å². The summed E-state index contributed by atoms with van der Waals surface area (Å²) in [5.41, 5.74) is 2.55. The van der Waals surface area contributed by atoms with Crippen LogP contribution in [0.4, 0.5) is 0 Å². The molecule has 0 N–H and O–H groups in total. The monoisotopic (exact) mass is 307 g/mol. The first-order valence-electron chi connectivity index (χ1n) is 5.40. The van der Waals surface area contributed by atoms with Gasteiger partial charge in [0, 0.05) is 9.79 Å². The predicted octanol–water partition coefficient (Wildman–Crippen LogP) is 4.83. The van der Waals surface area contributed by atoms with E-state index in [1.54, 1.807) is 0 Å². The minimum Gasteiger partial charge on any atom is -0.177 e. The van der Waals surface area contributed by atoms with Gasteiger partial charge < -0.3 is 0 Å². The molecule has 0 aliphatic heterocycles. The molecule has 17 heavy (non-hydrogen) atoms. The van der Waals surface area contributed by atoms with Gasteiger partial charge in [0.25, 0.3) is 0 Å². The summed E-state index contributed by atoms with van der Waals surface area (Å²) in [5, 5.41) is 0. The molecule has 0 bridgehead atoms. The van der Waals surface area contributed by atoms with E-state index in [4.69, 9.17) is 0 Å². The van der Waals surface area contributed by atoms with Crippen molar-refractivity contribution in [2.75, 3.05) is 0 Å². The third kappa shape index (κ3) is 3.05. The van der Waals surface area contributed by atoms with Crippen molar-refractivity contribution in [1.29, 1.82) is 0 Å². The predicted molar refractivity (Wildman–Crippen MR) is 77.6 cm³/mol. The number of hydrogen-bond donors (Lipinski definition) is 0. The Kier molecular flexibility index (Phi) is 4.13. The van der Waals surface area contributed by atoms with Gasteiger partial charge in [0.1, 0.15) is 0 Å². The highest BCUT2D eigenvalue weighted by Gasteiger charge is 2.04. The summed E-state index contributed by atoms with van der Waals surface area (Å²) in [4.78, 5) is 2.47. The van der Waals surface area contributed by atoms with Crippen molar-refractivity contribution in [1.82, 2.24) is 0 Å². The van der Waals surface area contributed by atoms with Crippen molar-refractivity contribution in [3.8, 4) is 0 Å². The Hall–Kier alpha value is -0.930. The molecule has 3 heteroatoms. The van der Waals surface area contributed by atoms with Gasteiger partial charge in [-0.05, 0) is 48.8 Å². The molecule has 0 aliphatic carbocycles. The van der Waals surface area contributed by atoms with Crippen LogP contribution < -0.4 is 0 Å². The van der Waals surface area contributed by atoms with Gasteiger partial charge in [-0.15, -0.1) is 0 Å². The van der Waals surface area contributed by atoms with Gasteiger partial charge in [-0.1, -0.05) is 35.4 Å². The minimum absolute atomic E-state index is 0.233. The number of aryl methyl sites for hydroxylation is 2. The third-order valence-corrected chi connectivity index (χ3v) is 5.00. The quantitative estimate of drug-likeness (QED) is 0.753. The Bertz CT molecular complexity index is 482. The molecule has 0 heterocycles. The van der Waals surface area contributed by atoms with Crippen LogP contribution >= 0.6 is 16.1 Å². The third-order valence-electron chi connectivity index (χ3n) is 2.56. The number of benzene rings is 2. The van der Waals surface area contributed by atoms with E-state index >= 15 is 0 Å². The summed E-state index contributed by atoms with van der Waals surface area (Å²) in [6, 6.07) is 17.1. The number of nitrogens with zero attached hydrogens (tertiary/aromatic N) is 1. The average Bonchev–Trinajstić information content (AvgIpc) is 2.35. The van der Waals surface area contributed by atoms with E-state index in [1.807, 2.05) is 0 Å². The van der Waals surface area contributed by atoms with Crippen LogP contribution in [-0.4, -0.2) is 0 Å². The van der Waals surface area contributed by atoms with Crippen molar-refractivity contribution < 1.29 is 0 Å². The van der Waals surface area contributed by atoms with E-state index in [0.717, 1.165) is 0 Å². The van der Waals surface area contributed by atoms with Gasteiger partial charge in [0.15, 0.2) is 0 Å². The normalized spacial score (nSPS) is 10.6. The second kappa shape index (κ2) is 5.61. The molecule has 0 aliphatic rings. The molecule has 0 amide bonds. The molecule has 0 spiro atoms. The van der Waals surface area contributed by atoms with E-state index in [9.17, 15) is 0 Å². The lowest BCUT2D eigenvalue weighted by molar-refractivity contribution is 1.33. The second-order valence-corrected chi connectivity index (χ2v) is 6.50. The molecule has 0 unspecified atom stereocenters. The Balaban J connectivity index is 2.41. The molecule has 0 aromatic heterocycles. The van der Waals surface area contributed by atoms with Crippen LogP contribution in [0.3, 0.4) is 0 Å². The zero-order valence-electron chi connectivity index (χ0n) is 9.85. The number of rotatable bonds is 2. The van der Waals surface area contributed by atoms with Gasteiger partial charge >= 0.3 is 0 Å². The van der Waals surface area contributed by atoms with Gasteiger partial charge in [-0.2, -0.15) is 3.39 Å². The largest absolute Gasteiger partial charge is 0.177 e. The molecule has 88 valence electrons. The highest BCUT2D eigenvalue weighted by atomic mass is 79.9. The van der Waals surface area contributed by atoms with Crippen LogP contribution in [0.15, 0.2) is 61.7 Å². The summed E-state index contributed by atoms with van der Waals surface area (Å²) >= 11 is 3.26. The van der Waals surface area contributed by atoms with Crippen LogP contribution in [-0.2, 0) is 10.7 Å². The topological polar surface area (TPSA) is 12.4 Å². The Morgan fingerprint density at radius 2 is 1.12 bits per heavy atom. The number of hydrogen-bond acceptors (Lipinski definition) is 1. The molecule has 0 atom stereocenters. The van der Waals surface area contributed by atoms with E-state index < -0.39 is 0 Å². The lowest BCUT2D eigenvalue weighted by atomic mass is 10.2. The van der Waals surface area contributed by atoms with E-state index in [-0.39, 0.29) is 10.7 Å². The molecule has 1 nitrogen and oxygen atoms in total. The van der Waals surface area contributed by atoms with Gasteiger partial charge in [-0.3, -0.25) is 0 Å². The van der Waals surface area contributed by atoms with Crippen LogP contribution in [0.5, 0.6) is 0 Å². The lowest BCUT2D eigenvalue weighted by Gasteiger charge is -2.07. The van der Waals surface area contributed by atoms with Crippen LogP contribution in [0, 0.1) is 13.8 Å². The van der Waals surface area contributed by atoms with Gasteiger partial charge in [-0.25, -0.2) is 0 Å². The SMILES string of the molecule is Cc1ccc(S(=NBr)c2ccc(C)cc2)cc1. The molecule has 2 rings (SSSR count). The molecular weight excluding hydrogens is 294 g/mol. The average molecular weight is 308 g/mol. The van der Waals surface area contributed by atoms with E-state index in [0.29, 0.717) is 0 Å². The van der Waals surface area contributed by atoms with E-state index in [2.05, 4.69) is 81.9 Å². The van der Waals surface area contributed by atoms with Crippen molar-refractivity contribution in [3.63, 3.8) is 0 Å². The second-order valence-electron chi connectivity index (χ2n) is 3.98. The molecule has 0 fully saturated rings. The zero-order chi connectivity index (χ0) is 12.3. The fourth-order valence-corrected chi connectivity index (χ4v) is 3.77. The van der Waals surface area contributed by atoms with E-state index in [1.165, 1.54) is 20.9 Å². The Labute approximate surface area is 113 Å². The molecule has 0 saturated heterocycles. The summed E-state index contributed by atoms with van der Waals surface area (Å²) in [5.74, 6) is 0. The lowest BCUT2D eigenvalue weighted by Crippen LogP contribution is -1.91. The van der Waals surface area contributed by atoms with Crippen LogP contribution in [0.2, 0.25) is 0 Å². The first-order chi connectivity index (χ1) is 8.20.